The Hall–Kier alpha value is -1.03. The molecule has 3 nitrogen and oxygen atoms in total. The van der Waals surface area contributed by atoms with Gasteiger partial charge in [0.15, 0.2) is 10.3 Å². The van der Waals surface area contributed by atoms with Gasteiger partial charge in [0.2, 0.25) is 0 Å². The molecule has 6 heteroatoms. The zero-order valence-electron chi connectivity index (χ0n) is 9.54. The lowest BCUT2D eigenvalue weighted by atomic mass is 10.2. The summed E-state index contributed by atoms with van der Waals surface area (Å²) in [7, 11) is 0. The van der Waals surface area contributed by atoms with E-state index in [0.29, 0.717) is 33.4 Å². The van der Waals surface area contributed by atoms with Gasteiger partial charge in [-0.05, 0) is 24.6 Å². The second-order valence-corrected chi connectivity index (χ2v) is 4.86. The van der Waals surface area contributed by atoms with Crippen LogP contribution in [-0.2, 0) is 6.54 Å². The van der Waals surface area contributed by atoms with Crippen LogP contribution in [0, 0.1) is 6.92 Å². The quantitative estimate of drug-likeness (QED) is 0.856. The van der Waals surface area contributed by atoms with Crippen molar-refractivity contribution >= 4 is 40.5 Å². The highest BCUT2D eigenvalue weighted by molar-refractivity contribution is 6.37. The predicted octanol–water partition coefficient (Wildman–Crippen LogP) is 4.36. The number of nitrogens with one attached hydrogen (secondary N) is 1. The molecule has 0 aliphatic carbocycles. The number of nitrogens with zero attached hydrogens (tertiary/aromatic N) is 2. The summed E-state index contributed by atoms with van der Waals surface area (Å²) in [5.41, 5.74) is 1.60. The van der Waals surface area contributed by atoms with Crippen molar-refractivity contribution in [3.63, 3.8) is 0 Å². The minimum absolute atomic E-state index is 0.321. The molecule has 1 heterocycles. The zero-order chi connectivity index (χ0) is 13.1. The molecule has 0 radical (unpaired) electrons. The van der Waals surface area contributed by atoms with E-state index in [-0.39, 0.29) is 0 Å². The molecular weight excluding hydrogens is 293 g/mol. The van der Waals surface area contributed by atoms with E-state index in [0.717, 1.165) is 5.56 Å². The highest BCUT2D eigenvalue weighted by Crippen LogP contribution is 2.27. The van der Waals surface area contributed by atoms with Gasteiger partial charge in [-0.25, -0.2) is 9.97 Å². The molecule has 0 aliphatic rings. The lowest BCUT2D eigenvalue weighted by Crippen LogP contribution is -2.03. The maximum absolute atomic E-state index is 6.01. The first-order valence-electron chi connectivity index (χ1n) is 5.24. The van der Waals surface area contributed by atoms with Gasteiger partial charge in [-0.3, -0.25) is 0 Å². The number of anilines is 1. The predicted molar refractivity (Wildman–Crippen MR) is 75.6 cm³/mol. The summed E-state index contributed by atoms with van der Waals surface area (Å²) in [6, 6.07) is 7.50. The van der Waals surface area contributed by atoms with Crippen LogP contribution in [0.5, 0.6) is 0 Å². The van der Waals surface area contributed by atoms with Gasteiger partial charge in [0.1, 0.15) is 11.5 Å². The van der Waals surface area contributed by atoms with Gasteiger partial charge in [-0.15, -0.1) is 0 Å². The first-order chi connectivity index (χ1) is 8.56. The minimum atomic E-state index is 0.321. The number of hydrogen-bond donors (Lipinski definition) is 1. The van der Waals surface area contributed by atoms with Crippen LogP contribution in [0.2, 0.25) is 15.3 Å². The van der Waals surface area contributed by atoms with Crippen molar-refractivity contribution in [3.05, 3.63) is 51.0 Å². The molecule has 0 unspecified atom stereocenters. The molecule has 0 aliphatic heterocycles. The Labute approximate surface area is 120 Å². The van der Waals surface area contributed by atoms with Gasteiger partial charge in [0.25, 0.3) is 0 Å². The van der Waals surface area contributed by atoms with Crippen LogP contribution in [0.4, 0.5) is 5.69 Å². The average Bonchev–Trinajstić information content (AvgIpc) is 2.30. The van der Waals surface area contributed by atoms with Gasteiger partial charge in [-0.1, -0.05) is 46.9 Å². The second-order valence-electron chi connectivity index (χ2n) is 3.71. The first kappa shape index (κ1) is 13.4. The smallest absolute Gasteiger partial charge is 0.157 e. The van der Waals surface area contributed by atoms with E-state index in [1.165, 1.54) is 0 Å². The Morgan fingerprint density at radius 1 is 1.00 bits per heavy atom. The van der Waals surface area contributed by atoms with Crippen molar-refractivity contribution in [1.29, 1.82) is 0 Å². The summed E-state index contributed by atoms with van der Waals surface area (Å²) in [5.74, 6) is 0.544. The maximum Gasteiger partial charge on any atom is 0.157 e. The fourth-order valence-electron chi connectivity index (χ4n) is 1.44. The molecule has 0 amide bonds. The summed E-state index contributed by atoms with van der Waals surface area (Å²) in [4.78, 5) is 8.09. The van der Waals surface area contributed by atoms with Gasteiger partial charge in [-0.2, -0.15) is 0 Å². The normalized spacial score (nSPS) is 10.4. The molecule has 0 spiro atoms. The van der Waals surface area contributed by atoms with Crippen molar-refractivity contribution in [1.82, 2.24) is 9.97 Å². The summed E-state index contributed by atoms with van der Waals surface area (Å²) in [5, 5.41) is 4.46. The van der Waals surface area contributed by atoms with Crippen LogP contribution >= 0.6 is 34.8 Å². The monoisotopic (exact) mass is 301 g/mol. The van der Waals surface area contributed by atoms with Crippen LogP contribution in [0.1, 0.15) is 11.4 Å². The van der Waals surface area contributed by atoms with Crippen LogP contribution in [0.3, 0.4) is 0 Å². The van der Waals surface area contributed by atoms with E-state index in [2.05, 4.69) is 15.3 Å². The summed E-state index contributed by atoms with van der Waals surface area (Å²) < 4.78 is 0. The average molecular weight is 303 g/mol. The van der Waals surface area contributed by atoms with Crippen molar-refractivity contribution in [2.24, 2.45) is 0 Å². The van der Waals surface area contributed by atoms with E-state index >= 15 is 0 Å². The van der Waals surface area contributed by atoms with Gasteiger partial charge >= 0.3 is 0 Å². The Bertz CT molecular complexity index is 532. The molecule has 0 bridgehead atoms. The van der Waals surface area contributed by atoms with Crippen molar-refractivity contribution < 1.29 is 0 Å². The van der Waals surface area contributed by atoms with Crippen molar-refractivity contribution in [2.75, 3.05) is 5.32 Å². The molecule has 2 rings (SSSR count). The minimum Gasteiger partial charge on any atom is -0.376 e. The molecule has 0 saturated carbocycles. The highest BCUT2D eigenvalue weighted by Gasteiger charge is 2.09. The Kier molecular flexibility index (Phi) is 4.27. The number of aromatic nitrogens is 2. The van der Waals surface area contributed by atoms with Crippen LogP contribution in [0.15, 0.2) is 24.3 Å². The molecule has 1 aromatic heterocycles. The number of benzene rings is 1. The molecule has 1 N–H and O–H groups in total. The Balaban J connectivity index is 2.13. The first-order valence-corrected chi connectivity index (χ1v) is 6.37. The molecule has 2 aromatic rings. The Morgan fingerprint density at radius 2 is 1.56 bits per heavy atom. The lowest BCUT2D eigenvalue weighted by Gasteiger charge is -2.09. The highest BCUT2D eigenvalue weighted by atomic mass is 35.5. The summed E-state index contributed by atoms with van der Waals surface area (Å²) >= 11 is 17.8. The van der Waals surface area contributed by atoms with Crippen molar-refractivity contribution in [3.8, 4) is 0 Å². The van der Waals surface area contributed by atoms with Gasteiger partial charge in [0.05, 0.1) is 0 Å². The lowest BCUT2D eigenvalue weighted by molar-refractivity contribution is 1.04. The fraction of sp³-hybridized carbons (Fsp3) is 0.167. The molecule has 0 saturated heterocycles. The third-order valence-corrected chi connectivity index (χ3v) is 3.11. The second kappa shape index (κ2) is 5.74. The standard InChI is InChI=1S/C12H10Cl3N3/c1-7-17-11(14)10(12(15)18-7)16-6-8-2-4-9(13)5-3-8/h2-5,16H,6H2,1H3. The van der Waals surface area contributed by atoms with Crippen LogP contribution in [-0.4, -0.2) is 9.97 Å². The fourth-order valence-corrected chi connectivity index (χ4v) is 2.18. The van der Waals surface area contributed by atoms with Gasteiger partial charge in [0, 0.05) is 11.6 Å². The van der Waals surface area contributed by atoms with Gasteiger partial charge < -0.3 is 5.32 Å². The molecule has 18 heavy (non-hydrogen) atoms. The third-order valence-electron chi connectivity index (χ3n) is 2.32. The number of hydrogen-bond acceptors (Lipinski definition) is 3. The zero-order valence-corrected chi connectivity index (χ0v) is 11.8. The maximum atomic E-state index is 6.01. The van der Waals surface area contributed by atoms with Crippen LogP contribution in [0.25, 0.3) is 0 Å². The number of aryl methyl sites for hydroxylation is 1. The summed E-state index contributed by atoms with van der Waals surface area (Å²) in [6.07, 6.45) is 0. The van der Waals surface area contributed by atoms with E-state index in [9.17, 15) is 0 Å². The molecule has 1 aromatic carbocycles. The van der Waals surface area contributed by atoms with E-state index in [4.69, 9.17) is 34.8 Å². The third kappa shape index (κ3) is 3.25. The van der Waals surface area contributed by atoms with Crippen molar-refractivity contribution in [2.45, 2.75) is 13.5 Å². The molecule has 0 fully saturated rings. The molecule has 94 valence electrons. The number of rotatable bonds is 3. The summed E-state index contributed by atoms with van der Waals surface area (Å²) in [6.45, 7) is 2.31. The molecule has 0 atom stereocenters. The van der Waals surface area contributed by atoms with E-state index in [1.807, 2.05) is 24.3 Å². The van der Waals surface area contributed by atoms with E-state index in [1.54, 1.807) is 6.92 Å². The number of halogens is 3. The SMILES string of the molecule is Cc1nc(Cl)c(NCc2ccc(Cl)cc2)c(Cl)n1. The molecular formula is C12H10Cl3N3. The van der Waals surface area contributed by atoms with Crippen LogP contribution < -0.4 is 5.32 Å². The Morgan fingerprint density at radius 3 is 2.11 bits per heavy atom. The van der Waals surface area contributed by atoms with E-state index < -0.39 is 0 Å². The topological polar surface area (TPSA) is 37.8 Å². The largest absolute Gasteiger partial charge is 0.376 e.